The Balaban J connectivity index is 2.23. The smallest absolute Gasteiger partial charge is 0.0754 e. The van der Waals surface area contributed by atoms with E-state index in [1.807, 2.05) is 7.11 Å². The first-order chi connectivity index (χ1) is 8.72. The molecule has 2 aromatic rings. The summed E-state index contributed by atoms with van der Waals surface area (Å²) in [5.74, 6) is 0.588. The molecule has 18 heavy (non-hydrogen) atoms. The number of aromatic nitrogens is 1. The van der Waals surface area contributed by atoms with E-state index in [2.05, 4.69) is 42.7 Å². The number of nitrogens with zero attached hydrogens (tertiary/aromatic N) is 1. The van der Waals surface area contributed by atoms with Crippen molar-refractivity contribution in [2.75, 3.05) is 7.11 Å². The molecule has 2 nitrogen and oxygen atoms in total. The minimum Gasteiger partial charge on any atom is -0.380 e. The Labute approximate surface area is 109 Å². The molecule has 2 heteroatoms. The topological polar surface area (TPSA) is 14.2 Å². The lowest BCUT2D eigenvalue weighted by molar-refractivity contribution is 0.0723. The molecule has 0 radical (unpaired) electrons. The summed E-state index contributed by atoms with van der Waals surface area (Å²) in [6, 6.07) is 8.78. The Morgan fingerprint density at radius 1 is 1.28 bits per heavy atom. The minimum absolute atomic E-state index is 0.369. The molecule has 1 aliphatic heterocycles. The van der Waals surface area contributed by atoms with Gasteiger partial charge in [-0.25, -0.2) is 0 Å². The summed E-state index contributed by atoms with van der Waals surface area (Å²) in [5.41, 5.74) is 4.44. The van der Waals surface area contributed by atoms with Crippen LogP contribution in [-0.2, 0) is 17.7 Å². The van der Waals surface area contributed by atoms with Gasteiger partial charge in [0.25, 0.3) is 0 Å². The van der Waals surface area contributed by atoms with Crippen LogP contribution in [0.4, 0.5) is 0 Å². The van der Waals surface area contributed by atoms with E-state index in [0.717, 1.165) is 19.4 Å². The molecule has 1 atom stereocenters. The maximum Gasteiger partial charge on any atom is 0.0754 e. The standard InChI is InChI=1S/C16H21NO/c1-11(2)16-13-6-4-5-7-14(13)17-10-12(18-3)8-9-15(16)17/h4-7,11-12H,8-10H2,1-3H3. The molecular formula is C16H21NO. The van der Waals surface area contributed by atoms with Gasteiger partial charge in [0, 0.05) is 30.3 Å². The molecule has 1 unspecified atom stereocenters. The highest BCUT2D eigenvalue weighted by Crippen LogP contribution is 2.35. The predicted octanol–water partition coefficient (Wildman–Crippen LogP) is 3.73. The van der Waals surface area contributed by atoms with Crippen LogP contribution in [0.2, 0.25) is 0 Å². The molecule has 0 spiro atoms. The maximum absolute atomic E-state index is 5.55. The van der Waals surface area contributed by atoms with E-state index >= 15 is 0 Å². The third-order valence-corrected chi connectivity index (χ3v) is 4.12. The van der Waals surface area contributed by atoms with Gasteiger partial charge in [-0.15, -0.1) is 0 Å². The van der Waals surface area contributed by atoms with Crippen molar-refractivity contribution in [3.8, 4) is 0 Å². The first-order valence-corrected chi connectivity index (χ1v) is 6.85. The minimum atomic E-state index is 0.369. The molecule has 0 aliphatic carbocycles. The van der Waals surface area contributed by atoms with Crippen LogP contribution in [0.25, 0.3) is 10.9 Å². The number of para-hydroxylation sites is 1. The summed E-state index contributed by atoms with van der Waals surface area (Å²) in [4.78, 5) is 0. The number of fused-ring (bicyclic) bond motifs is 3. The Morgan fingerprint density at radius 3 is 2.78 bits per heavy atom. The van der Waals surface area contributed by atoms with E-state index in [1.165, 1.54) is 16.6 Å². The Bertz CT molecular complexity index is 568. The molecule has 0 saturated carbocycles. The van der Waals surface area contributed by atoms with Crippen molar-refractivity contribution in [1.29, 1.82) is 0 Å². The summed E-state index contributed by atoms with van der Waals surface area (Å²) in [5, 5.41) is 1.43. The van der Waals surface area contributed by atoms with E-state index < -0.39 is 0 Å². The van der Waals surface area contributed by atoms with E-state index in [0.29, 0.717) is 12.0 Å². The van der Waals surface area contributed by atoms with Gasteiger partial charge in [0.05, 0.1) is 6.10 Å². The van der Waals surface area contributed by atoms with Gasteiger partial charge >= 0.3 is 0 Å². The quantitative estimate of drug-likeness (QED) is 0.784. The van der Waals surface area contributed by atoms with Crippen molar-refractivity contribution < 1.29 is 4.74 Å². The van der Waals surface area contributed by atoms with Crippen LogP contribution in [0, 0.1) is 0 Å². The first-order valence-electron chi connectivity index (χ1n) is 6.85. The largest absolute Gasteiger partial charge is 0.380 e. The molecule has 0 saturated heterocycles. The number of ether oxygens (including phenoxy) is 1. The second-order valence-electron chi connectivity index (χ2n) is 5.54. The average molecular weight is 243 g/mol. The van der Waals surface area contributed by atoms with Crippen molar-refractivity contribution in [1.82, 2.24) is 4.57 Å². The monoisotopic (exact) mass is 243 g/mol. The highest BCUT2D eigenvalue weighted by Gasteiger charge is 2.25. The molecule has 0 amide bonds. The highest BCUT2D eigenvalue weighted by molar-refractivity contribution is 5.86. The molecule has 3 rings (SSSR count). The van der Waals surface area contributed by atoms with Crippen molar-refractivity contribution in [3.05, 3.63) is 35.5 Å². The molecule has 96 valence electrons. The number of rotatable bonds is 2. The number of methoxy groups -OCH3 is 1. The van der Waals surface area contributed by atoms with Crippen molar-refractivity contribution in [3.63, 3.8) is 0 Å². The highest BCUT2D eigenvalue weighted by atomic mass is 16.5. The molecule has 1 aromatic carbocycles. The fourth-order valence-corrected chi connectivity index (χ4v) is 3.29. The summed E-state index contributed by atoms with van der Waals surface area (Å²) in [6.45, 7) is 5.59. The lowest BCUT2D eigenvalue weighted by Gasteiger charge is -2.25. The van der Waals surface area contributed by atoms with E-state index in [-0.39, 0.29) is 0 Å². The van der Waals surface area contributed by atoms with Gasteiger partial charge in [-0.1, -0.05) is 32.0 Å². The fraction of sp³-hybridized carbons (Fsp3) is 0.500. The third kappa shape index (κ3) is 1.67. The van der Waals surface area contributed by atoms with Gasteiger partial charge in [-0.3, -0.25) is 0 Å². The first kappa shape index (κ1) is 11.8. The van der Waals surface area contributed by atoms with Gasteiger partial charge < -0.3 is 9.30 Å². The van der Waals surface area contributed by atoms with E-state index in [1.54, 1.807) is 5.56 Å². The fourth-order valence-electron chi connectivity index (χ4n) is 3.29. The van der Waals surface area contributed by atoms with Crippen LogP contribution in [0.15, 0.2) is 24.3 Å². The zero-order valence-electron chi connectivity index (χ0n) is 11.4. The Kier molecular flexibility index (Phi) is 2.90. The summed E-state index contributed by atoms with van der Waals surface area (Å²) in [6.07, 6.45) is 2.65. The van der Waals surface area contributed by atoms with E-state index in [9.17, 15) is 0 Å². The van der Waals surface area contributed by atoms with Crippen LogP contribution < -0.4 is 0 Å². The average Bonchev–Trinajstić information content (AvgIpc) is 2.72. The number of benzene rings is 1. The Morgan fingerprint density at radius 2 is 2.06 bits per heavy atom. The number of hydrogen-bond donors (Lipinski definition) is 0. The zero-order valence-corrected chi connectivity index (χ0v) is 11.4. The predicted molar refractivity (Wildman–Crippen MR) is 75.1 cm³/mol. The van der Waals surface area contributed by atoms with Crippen LogP contribution in [-0.4, -0.2) is 17.8 Å². The van der Waals surface area contributed by atoms with Crippen LogP contribution >= 0.6 is 0 Å². The molecule has 1 aliphatic rings. The lowest BCUT2D eigenvalue weighted by Crippen LogP contribution is -2.26. The second kappa shape index (κ2) is 4.43. The second-order valence-corrected chi connectivity index (χ2v) is 5.54. The van der Waals surface area contributed by atoms with Crippen molar-refractivity contribution in [2.45, 2.75) is 45.3 Å². The molecule has 1 aromatic heterocycles. The lowest BCUT2D eigenvalue weighted by atomic mass is 9.96. The van der Waals surface area contributed by atoms with Gasteiger partial charge in [0.1, 0.15) is 0 Å². The maximum atomic E-state index is 5.55. The van der Waals surface area contributed by atoms with Crippen molar-refractivity contribution in [2.24, 2.45) is 0 Å². The van der Waals surface area contributed by atoms with E-state index in [4.69, 9.17) is 4.74 Å². The normalized spacial score (nSPS) is 19.4. The number of hydrogen-bond acceptors (Lipinski definition) is 1. The van der Waals surface area contributed by atoms with Crippen LogP contribution in [0.3, 0.4) is 0 Å². The summed E-state index contributed by atoms with van der Waals surface area (Å²) >= 11 is 0. The SMILES string of the molecule is COC1CCc2c(C(C)C)c3ccccc3n2C1. The molecule has 0 N–H and O–H groups in total. The van der Waals surface area contributed by atoms with Gasteiger partial charge in [0.2, 0.25) is 0 Å². The van der Waals surface area contributed by atoms with Crippen LogP contribution in [0.1, 0.15) is 37.4 Å². The zero-order chi connectivity index (χ0) is 12.7. The molecule has 2 heterocycles. The Hall–Kier alpha value is -1.28. The van der Waals surface area contributed by atoms with Gasteiger partial charge in [-0.05, 0) is 30.4 Å². The third-order valence-electron chi connectivity index (χ3n) is 4.12. The van der Waals surface area contributed by atoms with Gasteiger partial charge in [-0.2, -0.15) is 0 Å². The summed E-state index contributed by atoms with van der Waals surface area (Å²) in [7, 11) is 1.82. The summed E-state index contributed by atoms with van der Waals surface area (Å²) < 4.78 is 8.02. The van der Waals surface area contributed by atoms with Gasteiger partial charge in [0.15, 0.2) is 0 Å². The van der Waals surface area contributed by atoms with Crippen LogP contribution in [0.5, 0.6) is 0 Å². The molecule has 0 bridgehead atoms. The molecule has 0 fully saturated rings. The molecular weight excluding hydrogens is 222 g/mol. The van der Waals surface area contributed by atoms with Crippen molar-refractivity contribution >= 4 is 10.9 Å².